The first-order valence-electron chi connectivity index (χ1n) is 7.32. The second kappa shape index (κ2) is 7.22. The number of carbonyl (C=O) groups excluding carboxylic acids is 1. The SMILES string of the molecule is CC(C)NC(C)(CN(C)CCN1CCCC1)C(N)=O. The Morgan fingerprint density at radius 2 is 2.00 bits per heavy atom. The maximum Gasteiger partial charge on any atom is 0.238 e. The number of amides is 1. The Bertz CT molecular complexity index is 289. The van der Waals surface area contributed by atoms with Crippen LogP contribution in [0.5, 0.6) is 0 Å². The first kappa shape index (κ1) is 16.4. The standard InChI is InChI=1S/C14H30N4O/c1-12(2)16-14(3,13(15)19)11-17(4)9-10-18-7-5-6-8-18/h12,16H,5-11H2,1-4H3,(H2,15,19). The predicted octanol–water partition coefficient (Wildman–Crippen LogP) is 0.256. The summed E-state index contributed by atoms with van der Waals surface area (Å²) in [5.74, 6) is -0.283. The van der Waals surface area contributed by atoms with Gasteiger partial charge in [0.05, 0.1) is 0 Å². The molecule has 112 valence electrons. The highest BCUT2D eigenvalue weighted by Crippen LogP contribution is 2.09. The Morgan fingerprint density at radius 1 is 1.42 bits per heavy atom. The van der Waals surface area contributed by atoms with Crippen molar-refractivity contribution < 1.29 is 4.79 Å². The molecule has 0 aromatic rings. The first-order valence-corrected chi connectivity index (χ1v) is 7.32. The Kier molecular flexibility index (Phi) is 6.23. The molecule has 0 spiro atoms. The van der Waals surface area contributed by atoms with Crippen LogP contribution < -0.4 is 11.1 Å². The molecule has 0 radical (unpaired) electrons. The van der Waals surface area contributed by atoms with Gasteiger partial charge in [0.25, 0.3) is 0 Å². The fourth-order valence-electron chi connectivity index (χ4n) is 2.77. The molecule has 1 aliphatic heterocycles. The largest absolute Gasteiger partial charge is 0.368 e. The van der Waals surface area contributed by atoms with Crippen molar-refractivity contribution in [3.05, 3.63) is 0 Å². The number of likely N-dealkylation sites (N-methyl/N-ethyl adjacent to an activating group) is 1. The Morgan fingerprint density at radius 3 is 2.47 bits per heavy atom. The molecule has 0 aliphatic carbocycles. The van der Waals surface area contributed by atoms with E-state index in [4.69, 9.17) is 5.73 Å². The molecular formula is C14H30N4O. The minimum atomic E-state index is -0.659. The van der Waals surface area contributed by atoms with Gasteiger partial charge in [0, 0.05) is 25.7 Å². The van der Waals surface area contributed by atoms with E-state index >= 15 is 0 Å². The highest BCUT2D eigenvalue weighted by Gasteiger charge is 2.32. The fraction of sp³-hybridized carbons (Fsp3) is 0.929. The molecule has 3 N–H and O–H groups in total. The normalized spacial score (nSPS) is 20.1. The Hall–Kier alpha value is -0.650. The van der Waals surface area contributed by atoms with Crippen molar-refractivity contribution in [2.75, 3.05) is 39.8 Å². The molecule has 0 aromatic carbocycles. The fourth-order valence-corrected chi connectivity index (χ4v) is 2.77. The van der Waals surface area contributed by atoms with E-state index < -0.39 is 5.54 Å². The van der Waals surface area contributed by atoms with Gasteiger partial charge in [0.1, 0.15) is 5.54 Å². The number of nitrogens with two attached hydrogens (primary N) is 1. The number of likely N-dealkylation sites (tertiary alicyclic amines) is 1. The summed E-state index contributed by atoms with van der Waals surface area (Å²) >= 11 is 0. The lowest BCUT2D eigenvalue weighted by Crippen LogP contribution is -2.61. The minimum absolute atomic E-state index is 0.240. The van der Waals surface area contributed by atoms with Crippen molar-refractivity contribution in [1.82, 2.24) is 15.1 Å². The van der Waals surface area contributed by atoms with Gasteiger partial charge < -0.3 is 20.9 Å². The van der Waals surface area contributed by atoms with Gasteiger partial charge >= 0.3 is 0 Å². The van der Waals surface area contributed by atoms with Crippen LogP contribution in [0.25, 0.3) is 0 Å². The summed E-state index contributed by atoms with van der Waals surface area (Å²) in [4.78, 5) is 16.3. The number of nitrogens with zero attached hydrogens (tertiary/aromatic N) is 2. The molecule has 5 heteroatoms. The van der Waals surface area contributed by atoms with E-state index in [1.54, 1.807) is 0 Å². The summed E-state index contributed by atoms with van der Waals surface area (Å²) in [5.41, 5.74) is 4.89. The van der Waals surface area contributed by atoms with Crippen molar-refractivity contribution in [1.29, 1.82) is 0 Å². The second-order valence-corrected chi connectivity index (χ2v) is 6.28. The third-order valence-electron chi connectivity index (χ3n) is 3.73. The van der Waals surface area contributed by atoms with Crippen molar-refractivity contribution in [3.8, 4) is 0 Å². The monoisotopic (exact) mass is 270 g/mol. The summed E-state index contributed by atoms with van der Waals surface area (Å²) in [6, 6.07) is 0.240. The van der Waals surface area contributed by atoms with E-state index in [-0.39, 0.29) is 11.9 Å². The molecule has 0 saturated carbocycles. The van der Waals surface area contributed by atoms with Gasteiger partial charge in [-0.2, -0.15) is 0 Å². The zero-order valence-corrected chi connectivity index (χ0v) is 12.9. The molecule has 19 heavy (non-hydrogen) atoms. The van der Waals surface area contributed by atoms with Gasteiger partial charge in [-0.3, -0.25) is 4.79 Å². The number of nitrogens with one attached hydrogen (secondary N) is 1. The molecule has 1 unspecified atom stereocenters. The molecule has 1 saturated heterocycles. The van der Waals surface area contributed by atoms with Gasteiger partial charge in [-0.25, -0.2) is 0 Å². The number of hydrogen-bond acceptors (Lipinski definition) is 4. The molecule has 0 aromatic heterocycles. The highest BCUT2D eigenvalue weighted by molar-refractivity contribution is 5.84. The number of rotatable bonds is 8. The van der Waals surface area contributed by atoms with Crippen LogP contribution in [0.3, 0.4) is 0 Å². The van der Waals surface area contributed by atoms with E-state index in [1.807, 2.05) is 20.8 Å². The van der Waals surface area contributed by atoms with Crippen LogP contribution in [0.2, 0.25) is 0 Å². The van der Waals surface area contributed by atoms with Crippen LogP contribution in [0.1, 0.15) is 33.6 Å². The lowest BCUT2D eigenvalue weighted by Gasteiger charge is -2.34. The summed E-state index contributed by atoms with van der Waals surface area (Å²) in [7, 11) is 2.05. The molecule has 1 amide bonds. The maximum atomic E-state index is 11.7. The Labute approximate surface area is 117 Å². The van der Waals surface area contributed by atoms with Crippen molar-refractivity contribution in [2.24, 2.45) is 5.73 Å². The molecule has 1 aliphatic rings. The molecule has 1 atom stereocenters. The minimum Gasteiger partial charge on any atom is -0.368 e. The Balaban J connectivity index is 2.41. The summed E-state index contributed by atoms with van der Waals surface area (Å²) < 4.78 is 0. The molecule has 1 fully saturated rings. The highest BCUT2D eigenvalue weighted by atomic mass is 16.1. The van der Waals surface area contributed by atoms with Gasteiger partial charge in [-0.15, -0.1) is 0 Å². The number of carbonyl (C=O) groups is 1. The lowest BCUT2D eigenvalue weighted by atomic mass is 9.99. The van der Waals surface area contributed by atoms with Crippen LogP contribution in [-0.2, 0) is 4.79 Å². The zero-order valence-electron chi connectivity index (χ0n) is 12.9. The number of primary amides is 1. The van der Waals surface area contributed by atoms with Gasteiger partial charge in [-0.05, 0) is 53.8 Å². The van der Waals surface area contributed by atoms with Crippen molar-refractivity contribution in [3.63, 3.8) is 0 Å². The van der Waals surface area contributed by atoms with E-state index in [1.165, 1.54) is 25.9 Å². The van der Waals surface area contributed by atoms with Crippen LogP contribution in [-0.4, -0.2) is 67.1 Å². The van der Waals surface area contributed by atoms with E-state index in [9.17, 15) is 4.79 Å². The summed E-state index contributed by atoms with van der Waals surface area (Å²) in [6.07, 6.45) is 2.63. The molecule has 0 bridgehead atoms. The van der Waals surface area contributed by atoms with Gasteiger partial charge in [-0.1, -0.05) is 0 Å². The van der Waals surface area contributed by atoms with Crippen LogP contribution in [0, 0.1) is 0 Å². The summed E-state index contributed by atoms with van der Waals surface area (Å²) in [5, 5.41) is 3.28. The zero-order chi connectivity index (χ0) is 14.5. The first-order chi connectivity index (χ1) is 8.83. The third-order valence-corrected chi connectivity index (χ3v) is 3.73. The number of hydrogen-bond donors (Lipinski definition) is 2. The van der Waals surface area contributed by atoms with Crippen molar-refractivity contribution in [2.45, 2.75) is 45.2 Å². The second-order valence-electron chi connectivity index (χ2n) is 6.28. The molecular weight excluding hydrogens is 240 g/mol. The molecule has 1 rings (SSSR count). The van der Waals surface area contributed by atoms with E-state index in [0.717, 1.165) is 13.1 Å². The summed E-state index contributed by atoms with van der Waals surface area (Å²) in [6.45, 7) is 11.1. The smallest absolute Gasteiger partial charge is 0.238 e. The van der Waals surface area contributed by atoms with Gasteiger partial charge in [0.15, 0.2) is 0 Å². The van der Waals surface area contributed by atoms with E-state index in [2.05, 4.69) is 22.2 Å². The molecule has 1 heterocycles. The quantitative estimate of drug-likeness (QED) is 0.664. The van der Waals surface area contributed by atoms with Crippen LogP contribution in [0.15, 0.2) is 0 Å². The van der Waals surface area contributed by atoms with E-state index in [0.29, 0.717) is 6.54 Å². The van der Waals surface area contributed by atoms with Crippen LogP contribution in [0.4, 0.5) is 0 Å². The average molecular weight is 270 g/mol. The molecule has 5 nitrogen and oxygen atoms in total. The third kappa shape index (κ3) is 5.47. The topological polar surface area (TPSA) is 61.6 Å². The van der Waals surface area contributed by atoms with Crippen molar-refractivity contribution >= 4 is 5.91 Å². The maximum absolute atomic E-state index is 11.7. The lowest BCUT2D eigenvalue weighted by molar-refractivity contribution is -0.124. The predicted molar refractivity (Wildman–Crippen MR) is 79.0 cm³/mol. The van der Waals surface area contributed by atoms with Gasteiger partial charge in [0.2, 0.25) is 5.91 Å². The van der Waals surface area contributed by atoms with Crippen LogP contribution >= 0.6 is 0 Å². The average Bonchev–Trinajstić information content (AvgIpc) is 2.77.